The summed E-state index contributed by atoms with van der Waals surface area (Å²) in [6, 6.07) is 8.69. The van der Waals surface area contributed by atoms with E-state index >= 15 is 0 Å². The van der Waals surface area contributed by atoms with Crippen LogP contribution in [0, 0.1) is 0 Å². The van der Waals surface area contributed by atoms with Crippen molar-refractivity contribution in [2.24, 2.45) is 0 Å². The number of nitrogens with zero attached hydrogens (tertiary/aromatic N) is 2. The number of methoxy groups -OCH3 is 1. The Morgan fingerprint density at radius 3 is 2.75 bits per heavy atom. The minimum Gasteiger partial charge on any atom is -0.465 e. The number of fused-ring (bicyclic) bond motifs is 1. The Balaban J connectivity index is 1.83. The molecule has 0 bridgehead atoms. The number of para-hydroxylation sites is 1. The molecule has 0 fully saturated rings. The van der Waals surface area contributed by atoms with Gasteiger partial charge in [-0.3, -0.25) is 4.79 Å². The van der Waals surface area contributed by atoms with Crippen LogP contribution in [0.15, 0.2) is 48.8 Å². The molecule has 1 amide bonds. The summed E-state index contributed by atoms with van der Waals surface area (Å²) in [5.41, 5.74) is 8.43. The normalized spacial score (nSPS) is 12.2. The van der Waals surface area contributed by atoms with Crippen molar-refractivity contribution in [3.8, 4) is 0 Å². The fraction of sp³-hybridized carbons (Fsp3) is 0.190. The van der Waals surface area contributed by atoms with E-state index in [4.69, 9.17) is 10.5 Å². The summed E-state index contributed by atoms with van der Waals surface area (Å²) < 4.78 is 4.84. The smallest absolute Gasteiger partial charge is 0.339 e. The number of ether oxygens (including phenoxy) is 1. The van der Waals surface area contributed by atoms with Crippen LogP contribution in [0.4, 0.5) is 5.82 Å². The Kier molecular flexibility index (Phi) is 5.44. The minimum absolute atomic E-state index is 0.150. The summed E-state index contributed by atoms with van der Waals surface area (Å²) in [5, 5.41) is 0.877. The van der Waals surface area contributed by atoms with E-state index in [0.717, 1.165) is 16.5 Å². The van der Waals surface area contributed by atoms with E-state index in [1.807, 2.05) is 19.2 Å². The third kappa shape index (κ3) is 3.73. The summed E-state index contributed by atoms with van der Waals surface area (Å²) in [4.78, 5) is 33.3. The van der Waals surface area contributed by atoms with Gasteiger partial charge in [0, 0.05) is 30.9 Å². The molecule has 0 radical (unpaired) electrons. The van der Waals surface area contributed by atoms with Gasteiger partial charge in [-0.25, -0.2) is 9.78 Å². The second-order valence-corrected chi connectivity index (χ2v) is 6.44. The van der Waals surface area contributed by atoms with E-state index in [9.17, 15) is 9.59 Å². The predicted molar refractivity (Wildman–Crippen MR) is 109 cm³/mol. The molecule has 7 heteroatoms. The minimum atomic E-state index is -0.406. The maximum atomic E-state index is 12.6. The van der Waals surface area contributed by atoms with Crippen molar-refractivity contribution in [2.45, 2.75) is 13.0 Å². The number of hydrogen-bond donors (Lipinski definition) is 2. The highest BCUT2D eigenvalue weighted by molar-refractivity contribution is 6.04. The molecule has 3 aromatic rings. The number of amides is 1. The van der Waals surface area contributed by atoms with Gasteiger partial charge in [0.25, 0.3) is 0 Å². The Morgan fingerprint density at radius 1 is 1.29 bits per heavy atom. The molecule has 7 nitrogen and oxygen atoms in total. The van der Waals surface area contributed by atoms with Gasteiger partial charge in [-0.05, 0) is 42.3 Å². The van der Waals surface area contributed by atoms with Gasteiger partial charge in [0.05, 0.1) is 24.2 Å². The van der Waals surface area contributed by atoms with Crippen molar-refractivity contribution in [3.05, 3.63) is 65.5 Å². The number of aromatic amines is 1. The molecule has 0 aliphatic carbocycles. The lowest BCUT2D eigenvalue weighted by molar-refractivity contribution is -0.126. The first-order valence-electron chi connectivity index (χ1n) is 8.77. The summed E-state index contributed by atoms with van der Waals surface area (Å²) in [6.07, 6.45) is 6.62. The van der Waals surface area contributed by atoms with E-state index in [-0.39, 0.29) is 11.9 Å². The average molecular weight is 378 g/mol. The second kappa shape index (κ2) is 7.96. The zero-order valence-electron chi connectivity index (χ0n) is 16.0. The van der Waals surface area contributed by atoms with Crippen LogP contribution in [-0.2, 0) is 9.53 Å². The lowest BCUT2D eigenvalue weighted by atomic mass is 10.0. The fourth-order valence-electron chi connectivity index (χ4n) is 3.00. The zero-order chi connectivity index (χ0) is 20.3. The van der Waals surface area contributed by atoms with Crippen LogP contribution in [0.2, 0.25) is 0 Å². The van der Waals surface area contributed by atoms with Crippen molar-refractivity contribution in [1.82, 2.24) is 14.9 Å². The highest BCUT2D eigenvalue weighted by Crippen LogP contribution is 2.29. The molecule has 144 valence electrons. The number of nitrogens with one attached hydrogen (secondary N) is 1. The summed E-state index contributed by atoms with van der Waals surface area (Å²) in [6.45, 7) is 1.93. The predicted octanol–water partition coefficient (Wildman–Crippen LogP) is 3.16. The standard InChI is InChI=1S/C21H22N4O3/c1-13(25(2)19(26)10-8-14-7-9-18(22)23-11-14)17-12-24-20-15(17)5-4-6-16(20)21(27)28-3/h4-13,24H,1-3H3,(H2,22,23). The number of likely N-dealkylation sites (N-methyl/N-ethyl adjacent to an activating group) is 1. The van der Waals surface area contributed by atoms with Gasteiger partial charge in [0.15, 0.2) is 0 Å². The molecule has 3 rings (SSSR count). The van der Waals surface area contributed by atoms with Crippen LogP contribution in [0.5, 0.6) is 0 Å². The third-order valence-electron chi connectivity index (χ3n) is 4.76. The van der Waals surface area contributed by atoms with E-state index in [0.29, 0.717) is 16.9 Å². The highest BCUT2D eigenvalue weighted by Gasteiger charge is 2.21. The molecule has 0 saturated heterocycles. The Labute approximate surface area is 162 Å². The quantitative estimate of drug-likeness (QED) is 0.524. The number of esters is 1. The molecule has 3 N–H and O–H groups in total. The second-order valence-electron chi connectivity index (χ2n) is 6.44. The molecule has 0 aliphatic rings. The van der Waals surface area contributed by atoms with Gasteiger partial charge in [-0.2, -0.15) is 0 Å². The number of hydrogen-bond acceptors (Lipinski definition) is 5. The molecule has 0 spiro atoms. The van der Waals surface area contributed by atoms with Crippen molar-refractivity contribution in [2.75, 3.05) is 19.9 Å². The monoisotopic (exact) mass is 378 g/mol. The Hall–Kier alpha value is -3.61. The summed E-state index contributed by atoms with van der Waals surface area (Å²) in [5.74, 6) is -0.126. The highest BCUT2D eigenvalue weighted by atomic mass is 16.5. The summed E-state index contributed by atoms with van der Waals surface area (Å²) in [7, 11) is 3.09. The van der Waals surface area contributed by atoms with E-state index in [1.165, 1.54) is 13.2 Å². The molecular formula is C21H22N4O3. The molecule has 2 aromatic heterocycles. The molecule has 28 heavy (non-hydrogen) atoms. The van der Waals surface area contributed by atoms with Crippen LogP contribution in [0.3, 0.4) is 0 Å². The number of nitrogen functional groups attached to an aromatic ring is 1. The number of pyridine rings is 1. The number of aromatic nitrogens is 2. The maximum Gasteiger partial charge on any atom is 0.339 e. The maximum absolute atomic E-state index is 12.6. The first-order chi connectivity index (χ1) is 13.4. The lowest BCUT2D eigenvalue weighted by Crippen LogP contribution is -2.27. The number of rotatable bonds is 5. The van der Waals surface area contributed by atoms with Gasteiger partial charge in [0.1, 0.15) is 5.82 Å². The van der Waals surface area contributed by atoms with Crippen molar-refractivity contribution in [3.63, 3.8) is 0 Å². The zero-order valence-corrected chi connectivity index (χ0v) is 16.0. The number of benzene rings is 1. The summed E-state index contributed by atoms with van der Waals surface area (Å²) >= 11 is 0. The first-order valence-corrected chi connectivity index (χ1v) is 8.77. The van der Waals surface area contributed by atoms with E-state index in [1.54, 1.807) is 48.5 Å². The first kappa shape index (κ1) is 19.2. The van der Waals surface area contributed by atoms with Crippen LogP contribution < -0.4 is 5.73 Å². The molecular weight excluding hydrogens is 356 g/mol. The molecule has 1 unspecified atom stereocenters. The van der Waals surface area contributed by atoms with Crippen molar-refractivity contribution in [1.29, 1.82) is 0 Å². The number of carbonyl (C=O) groups is 2. The van der Waals surface area contributed by atoms with Crippen LogP contribution >= 0.6 is 0 Å². The number of anilines is 1. The average Bonchev–Trinajstić information content (AvgIpc) is 3.15. The fourth-order valence-corrected chi connectivity index (χ4v) is 3.00. The van der Waals surface area contributed by atoms with Gasteiger partial charge in [-0.15, -0.1) is 0 Å². The van der Waals surface area contributed by atoms with Gasteiger partial charge in [0.2, 0.25) is 5.91 Å². The SMILES string of the molecule is COC(=O)c1cccc2c(C(C)N(C)C(=O)C=Cc3ccc(N)nc3)c[nH]c12. The van der Waals surface area contributed by atoms with Gasteiger partial charge in [-0.1, -0.05) is 12.1 Å². The molecule has 2 heterocycles. The van der Waals surface area contributed by atoms with Crippen molar-refractivity contribution < 1.29 is 14.3 Å². The lowest BCUT2D eigenvalue weighted by Gasteiger charge is -2.23. The number of nitrogens with two attached hydrogens (primary N) is 1. The van der Waals surface area contributed by atoms with E-state index < -0.39 is 5.97 Å². The number of H-pyrrole nitrogens is 1. The van der Waals surface area contributed by atoms with Crippen LogP contribution in [0.1, 0.15) is 34.5 Å². The Morgan fingerprint density at radius 2 is 2.07 bits per heavy atom. The topological polar surface area (TPSA) is 101 Å². The molecule has 0 aliphatic heterocycles. The van der Waals surface area contributed by atoms with Gasteiger partial charge >= 0.3 is 5.97 Å². The van der Waals surface area contributed by atoms with Crippen molar-refractivity contribution >= 4 is 34.7 Å². The Bertz CT molecular complexity index is 1040. The molecule has 1 aromatic carbocycles. The van der Waals surface area contributed by atoms with Gasteiger partial charge < -0.3 is 20.4 Å². The molecule has 0 saturated carbocycles. The molecule has 1 atom stereocenters. The van der Waals surface area contributed by atoms with E-state index in [2.05, 4.69) is 9.97 Å². The largest absolute Gasteiger partial charge is 0.465 e. The van der Waals surface area contributed by atoms with Crippen LogP contribution in [-0.4, -0.2) is 40.9 Å². The number of carbonyl (C=O) groups excluding carboxylic acids is 2. The third-order valence-corrected chi connectivity index (χ3v) is 4.76. The van der Waals surface area contributed by atoms with Crippen LogP contribution in [0.25, 0.3) is 17.0 Å².